The van der Waals surface area contributed by atoms with Crippen molar-refractivity contribution >= 4 is 0 Å². The Morgan fingerprint density at radius 1 is 1.15 bits per heavy atom. The van der Waals surface area contributed by atoms with Crippen molar-refractivity contribution in [2.45, 2.75) is 65.1 Å². The van der Waals surface area contributed by atoms with E-state index in [1.54, 1.807) is 0 Å². The molecule has 114 valence electrons. The molecule has 0 amide bonds. The van der Waals surface area contributed by atoms with Crippen molar-refractivity contribution in [3.05, 3.63) is 35.4 Å². The molecular formula is C18H32N2. The van der Waals surface area contributed by atoms with Crippen molar-refractivity contribution in [3.63, 3.8) is 0 Å². The second kappa shape index (κ2) is 7.24. The maximum Gasteiger partial charge on any atom is 0.0473 e. The quantitative estimate of drug-likeness (QED) is 0.809. The summed E-state index contributed by atoms with van der Waals surface area (Å²) < 4.78 is 0. The third-order valence-corrected chi connectivity index (χ3v) is 4.97. The van der Waals surface area contributed by atoms with E-state index in [0.717, 1.165) is 12.8 Å². The van der Waals surface area contributed by atoms with E-state index in [0.29, 0.717) is 12.1 Å². The van der Waals surface area contributed by atoms with E-state index < -0.39 is 0 Å². The van der Waals surface area contributed by atoms with Gasteiger partial charge in [-0.1, -0.05) is 38.1 Å². The van der Waals surface area contributed by atoms with Crippen molar-refractivity contribution in [1.82, 2.24) is 10.2 Å². The van der Waals surface area contributed by atoms with Crippen LogP contribution in [-0.2, 0) is 6.42 Å². The predicted molar refractivity (Wildman–Crippen MR) is 89.2 cm³/mol. The van der Waals surface area contributed by atoms with Crippen LogP contribution in [-0.4, -0.2) is 30.6 Å². The van der Waals surface area contributed by atoms with E-state index in [1.165, 1.54) is 11.1 Å². The SMILES string of the molecule is CCc1ccc(C(NC)C(C)N(C)C(C)(C)CC)cc1. The van der Waals surface area contributed by atoms with Gasteiger partial charge in [-0.25, -0.2) is 0 Å². The standard InChI is InChI=1S/C18H32N2/c1-8-15-10-12-16(13-11-15)17(19-6)14(3)20(7)18(4,5)9-2/h10-14,17,19H,8-9H2,1-7H3. The summed E-state index contributed by atoms with van der Waals surface area (Å²) in [5.74, 6) is 0. The van der Waals surface area contributed by atoms with Crippen LogP contribution in [0.4, 0.5) is 0 Å². The second-order valence-electron chi connectivity index (χ2n) is 6.38. The van der Waals surface area contributed by atoms with Crippen LogP contribution < -0.4 is 5.32 Å². The topological polar surface area (TPSA) is 15.3 Å². The Hall–Kier alpha value is -0.860. The molecule has 0 bridgehead atoms. The van der Waals surface area contributed by atoms with Crippen LogP contribution in [0.1, 0.15) is 58.2 Å². The van der Waals surface area contributed by atoms with Gasteiger partial charge in [-0.05, 0) is 58.8 Å². The van der Waals surface area contributed by atoms with E-state index in [2.05, 4.69) is 83.2 Å². The van der Waals surface area contributed by atoms with E-state index in [-0.39, 0.29) is 5.54 Å². The number of nitrogens with one attached hydrogen (secondary N) is 1. The molecule has 1 aromatic carbocycles. The fraction of sp³-hybridized carbons (Fsp3) is 0.667. The number of hydrogen-bond donors (Lipinski definition) is 1. The summed E-state index contributed by atoms with van der Waals surface area (Å²) in [7, 11) is 4.29. The first-order valence-corrected chi connectivity index (χ1v) is 7.86. The van der Waals surface area contributed by atoms with E-state index in [4.69, 9.17) is 0 Å². The van der Waals surface area contributed by atoms with Crippen LogP contribution in [0.5, 0.6) is 0 Å². The van der Waals surface area contributed by atoms with Gasteiger partial charge in [0, 0.05) is 17.6 Å². The Kier molecular flexibility index (Phi) is 6.22. The van der Waals surface area contributed by atoms with Crippen molar-refractivity contribution in [2.24, 2.45) is 0 Å². The van der Waals surface area contributed by atoms with Gasteiger partial charge in [-0.2, -0.15) is 0 Å². The van der Waals surface area contributed by atoms with E-state index in [1.807, 2.05) is 0 Å². The minimum Gasteiger partial charge on any atom is -0.312 e. The van der Waals surface area contributed by atoms with Gasteiger partial charge in [0.2, 0.25) is 0 Å². The molecule has 2 heteroatoms. The highest BCUT2D eigenvalue weighted by Crippen LogP contribution is 2.27. The summed E-state index contributed by atoms with van der Waals surface area (Å²) in [6, 6.07) is 9.83. The zero-order valence-electron chi connectivity index (χ0n) is 14.3. The molecule has 2 nitrogen and oxygen atoms in total. The van der Waals surface area contributed by atoms with Gasteiger partial charge in [-0.15, -0.1) is 0 Å². The summed E-state index contributed by atoms with van der Waals surface area (Å²) in [5, 5.41) is 3.49. The minimum absolute atomic E-state index is 0.220. The molecule has 0 fully saturated rings. The van der Waals surface area contributed by atoms with Crippen LogP contribution >= 0.6 is 0 Å². The molecule has 0 heterocycles. The van der Waals surface area contributed by atoms with Gasteiger partial charge >= 0.3 is 0 Å². The zero-order valence-corrected chi connectivity index (χ0v) is 14.3. The van der Waals surface area contributed by atoms with Crippen molar-refractivity contribution in [3.8, 4) is 0 Å². The Balaban J connectivity index is 2.93. The highest BCUT2D eigenvalue weighted by molar-refractivity contribution is 5.26. The molecular weight excluding hydrogens is 244 g/mol. The molecule has 1 rings (SSSR count). The van der Waals surface area contributed by atoms with Gasteiger partial charge in [0.05, 0.1) is 0 Å². The first-order valence-electron chi connectivity index (χ1n) is 7.86. The first-order chi connectivity index (χ1) is 9.37. The van der Waals surface area contributed by atoms with Crippen LogP contribution in [0.15, 0.2) is 24.3 Å². The van der Waals surface area contributed by atoms with E-state index >= 15 is 0 Å². The van der Waals surface area contributed by atoms with Gasteiger partial charge in [0.25, 0.3) is 0 Å². The van der Waals surface area contributed by atoms with Crippen molar-refractivity contribution in [1.29, 1.82) is 0 Å². The molecule has 0 radical (unpaired) electrons. The smallest absolute Gasteiger partial charge is 0.0473 e. The van der Waals surface area contributed by atoms with Crippen LogP contribution in [0, 0.1) is 0 Å². The molecule has 20 heavy (non-hydrogen) atoms. The number of rotatable bonds is 7. The lowest BCUT2D eigenvalue weighted by Gasteiger charge is -2.42. The lowest BCUT2D eigenvalue weighted by Crippen LogP contribution is -2.50. The van der Waals surface area contributed by atoms with Crippen molar-refractivity contribution < 1.29 is 0 Å². The highest BCUT2D eigenvalue weighted by Gasteiger charge is 2.30. The number of nitrogens with zero attached hydrogens (tertiary/aromatic N) is 1. The maximum atomic E-state index is 3.49. The number of benzene rings is 1. The van der Waals surface area contributed by atoms with Gasteiger partial charge in [0.1, 0.15) is 0 Å². The molecule has 0 aliphatic rings. The normalized spacial score (nSPS) is 15.4. The molecule has 0 saturated heterocycles. The summed E-state index contributed by atoms with van der Waals surface area (Å²) in [4.78, 5) is 2.49. The summed E-state index contributed by atoms with van der Waals surface area (Å²) >= 11 is 0. The second-order valence-corrected chi connectivity index (χ2v) is 6.38. The maximum absolute atomic E-state index is 3.49. The Morgan fingerprint density at radius 3 is 2.10 bits per heavy atom. The molecule has 1 N–H and O–H groups in total. The average Bonchev–Trinajstić information content (AvgIpc) is 2.47. The number of aryl methyl sites for hydroxylation is 1. The van der Waals surface area contributed by atoms with Gasteiger partial charge in [0.15, 0.2) is 0 Å². The lowest BCUT2D eigenvalue weighted by atomic mass is 9.92. The highest BCUT2D eigenvalue weighted by atomic mass is 15.2. The third-order valence-electron chi connectivity index (χ3n) is 4.97. The van der Waals surface area contributed by atoms with Crippen LogP contribution in [0.3, 0.4) is 0 Å². The molecule has 0 spiro atoms. The first kappa shape index (κ1) is 17.2. The Morgan fingerprint density at radius 2 is 1.70 bits per heavy atom. The van der Waals surface area contributed by atoms with Crippen LogP contribution in [0.25, 0.3) is 0 Å². The van der Waals surface area contributed by atoms with Gasteiger partial charge < -0.3 is 5.32 Å². The Bertz CT molecular complexity index is 394. The Labute approximate surface area is 125 Å². The molecule has 2 unspecified atom stereocenters. The largest absolute Gasteiger partial charge is 0.312 e. The molecule has 0 aliphatic heterocycles. The summed E-state index contributed by atoms with van der Waals surface area (Å²) in [6.07, 6.45) is 2.25. The predicted octanol–water partition coefficient (Wildman–Crippen LogP) is 4.02. The fourth-order valence-corrected chi connectivity index (χ4v) is 2.67. The third kappa shape index (κ3) is 3.83. The summed E-state index contributed by atoms with van der Waals surface area (Å²) in [5.41, 5.74) is 2.99. The number of hydrogen-bond acceptors (Lipinski definition) is 2. The van der Waals surface area contributed by atoms with Crippen molar-refractivity contribution in [2.75, 3.05) is 14.1 Å². The lowest BCUT2D eigenvalue weighted by molar-refractivity contribution is 0.0850. The molecule has 2 atom stereocenters. The fourth-order valence-electron chi connectivity index (χ4n) is 2.67. The van der Waals surface area contributed by atoms with Gasteiger partial charge in [-0.3, -0.25) is 4.90 Å². The molecule has 1 aromatic rings. The van der Waals surface area contributed by atoms with Crippen LogP contribution in [0.2, 0.25) is 0 Å². The number of likely N-dealkylation sites (N-methyl/N-ethyl adjacent to an activating group) is 2. The molecule has 0 aliphatic carbocycles. The molecule has 0 saturated carbocycles. The molecule has 0 aromatic heterocycles. The average molecular weight is 276 g/mol. The minimum atomic E-state index is 0.220. The monoisotopic (exact) mass is 276 g/mol. The zero-order chi connectivity index (χ0) is 15.3. The van der Waals surface area contributed by atoms with E-state index in [9.17, 15) is 0 Å². The summed E-state index contributed by atoms with van der Waals surface area (Å²) in [6.45, 7) is 11.4.